The fourth-order valence-corrected chi connectivity index (χ4v) is 1.47. The maximum atomic E-state index is 11.2. The lowest BCUT2D eigenvalue weighted by atomic mass is 10.2. The lowest BCUT2D eigenvalue weighted by Gasteiger charge is -2.13. The molecule has 0 aliphatic heterocycles. The molecule has 0 spiro atoms. The molecule has 1 atom stereocenters. The molecular weight excluding hydrogens is 282 g/mol. The van der Waals surface area contributed by atoms with Gasteiger partial charge in [0.05, 0.1) is 12.7 Å². The van der Waals surface area contributed by atoms with Gasteiger partial charge in [0.25, 0.3) is 0 Å². The summed E-state index contributed by atoms with van der Waals surface area (Å²) < 4.78 is 23.5. The van der Waals surface area contributed by atoms with E-state index in [1.807, 2.05) is 5.32 Å². The Balaban J connectivity index is 4.07. The van der Waals surface area contributed by atoms with Gasteiger partial charge < -0.3 is 20.8 Å². The molecule has 0 bridgehead atoms. The van der Waals surface area contributed by atoms with E-state index < -0.39 is 40.5 Å². The zero-order valence-electron chi connectivity index (χ0n) is 10.0. The van der Waals surface area contributed by atoms with E-state index in [4.69, 9.17) is 10.2 Å². The monoisotopic (exact) mass is 297 g/mol. The fraction of sp³-hybridized carbons (Fsp3) is 0.625. The molecule has 0 fully saturated rings. The minimum absolute atomic E-state index is 0.0665. The van der Waals surface area contributed by atoms with Crippen molar-refractivity contribution in [3.8, 4) is 0 Å². The van der Waals surface area contributed by atoms with E-state index in [2.05, 4.69) is 10.0 Å². The third-order valence-electron chi connectivity index (χ3n) is 1.76. The van der Waals surface area contributed by atoms with Crippen molar-refractivity contribution in [3.63, 3.8) is 0 Å². The molecule has 1 unspecified atom stereocenters. The number of hydrogen-bond donors (Lipinski definition) is 5. The Morgan fingerprint density at radius 2 is 1.74 bits per heavy atom. The van der Waals surface area contributed by atoms with E-state index in [1.165, 1.54) is 0 Å². The number of aliphatic carboxylic acids is 2. The topological polar surface area (TPSA) is 162 Å². The maximum Gasteiger partial charge on any atom is 0.326 e. The first kappa shape index (κ1) is 17.1. The predicted molar refractivity (Wildman–Crippen MR) is 63.1 cm³/mol. The van der Waals surface area contributed by atoms with Gasteiger partial charge in [-0.2, -0.15) is 0 Å². The number of carboxylic acids is 2. The van der Waals surface area contributed by atoms with E-state index in [9.17, 15) is 22.8 Å². The van der Waals surface area contributed by atoms with Gasteiger partial charge in [-0.05, 0) is 0 Å². The second-order valence-electron chi connectivity index (χ2n) is 3.56. The summed E-state index contributed by atoms with van der Waals surface area (Å²) in [7, 11) is -3.37. The van der Waals surface area contributed by atoms with Crippen LogP contribution < -0.4 is 15.4 Å². The smallest absolute Gasteiger partial charge is 0.326 e. The Hall–Kier alpha value is -1.88. The number of urea groups is 1. The SMILES string of the molecule is CS(=O)(=O)NCCNC(=O)NC(CC(=O)O)C(=O)O. The van der Waals surface area contributed by atoms with Crippen LogP contribution in [0, 0.1) is 0 Å². The molecule has 110 valence electrons. The van der Waals surface area contributed by atoms with Crippen molar-refractivity contribution in [3.05, 3.63) is 0 Å². The summed E-state index contributed by atoms with van der Waals surface area (Å²) in [4.78, 5) is 32.2. The lowest BCUT2D eigenvalue weighted by Crippen LogP contribution is -2.48. The summed E-state index contributed by atoms with van der Waals surface area (Å²) >= 11 is 0. The van der Waals surface area contributed by atoms with Crippen LogP contribution in [0.5, 0.6) is 0 Å². The summed E-state index contributed by atoms with van der Waals surface area (Å²) in [6.07, 6.45) is 0.185. The zero-order chi connectivity index (χ0) is 15.1. The summed E-state index contributed by atoms with van der Waals surface area (Å²) in [5.74, 6) is -2.85. The van der Waals surface area contributed by atoms with Crippen LogP contribution in [0.2, 0.25) is 0 Å². The molecular formula is C8H15N3O7S. The quantitative estimate of drug-likeness (QED) is 0.316. The molecule has 10 nitrogen and oxygen atoms in total. The van der Waals surface area contributed by atoms with Gasteiger partial charge in [0.15, 0.2) is 0 Å². The molecule has 0 radical (unpaired) electrons. The molecule has 0 aromatic rings. The summed E-state index contributed by atoms with van der Waals surface area (Å²) in [5.41, 5.74) is 0. The average Bonchev–Trinajstić information content (AvgIpc) is 2.21. The van der Waals surface area contributed by atoms with Gasteiger partial charge in [0.2, 0.25) is 10.0 Å². The molecule has 0 rings (SSSR count). The molecule has 5 N–H and O–H groups in total. The number of carbonyl (C=O) groups is 3. The summed E-state index contributed by atoms with van der Waals surface area (Å²) in [6.45, 7) is -0.138. The number of carbonyl (C=O) groups excluding carboxylic acids is 1. The van der Waals surface area contributed by atoms with Crippen LogP contribution in [0.4, 0.5) is 4.79 Å². The normalized spacial score (nSPS) is 12.5. The van der Waals surface area contributed by atoms with Gasteiger partial charge in [-0.3, -0.25) is 4.79 Å². The molecule has 0 heterocycles. The van der Waals surface area contributed by atoms with E-state index in [-0.39, 0.29) is 13.1 Å². The van der Waals surface area contributed by atoms with Crippen molar-refractivity contribution >= 4 is 28.0 Å². The van der Waals surface area contributed by atoms with Crippen LogP contribution in [0.15, 0.2) is 0 Å². The fourth-order valence-electron chi connectivity index (χ4n) is 0.996. The minimum atomic E-state index is -3.37. The van der Waals surface area contributed by atoms with Gasteiger partial charge in [0, 0.05) is 13.1 Å². The highest BCUT2D eigenvalue weighted by Crippen LogP contribution is 1.92. The molecule has 0 aromatic carbocycles. The van der Waals surface area contributed by atoms with Crippen LogP contribution >= 0.6 is 0 Å². The Kier molecular flexibility index (Phi) is 6.79. The van der Waals surface area contributed by atoms with Crippen molar-refractivity contribution in [1.82, 2.24) is 15.4 Å². The largest absolute Gasteiger partial charge is 0.481 e. The number of hydrogen-bond acceptors (Lipinski definition) is 5. The first-order valence-corrected chi connectivity index (χ1v) is 6.94. The van der Waals surface area contributed by atoms with Gasteiger partial charge in [-0.25, -0.2) is 22.7 Å². The molecule has 2 amide bonds. The molecule has 0 aliphatic carbocycles. The van der Waals surface area contributed by atoms with E-state index in [0.717, 1.165) is 6.26 Å². The van der Waals surface area contributed by atoms with Gasteiger partial charge >= 0.3 is 18.0 Å². The van der Waals surface area contributed by atoms with Crippen LogP contribution in [0.3, 0.4) is 0 Å². The Morgan fingerprint density at radius 1 is 1.16 bits per heavy atom. The van der Waals surface area contributed by atoms with E-state index >= 15 is 0 Å². The van der Waals surface area contributed by atoms with Crippen molar-refractivity contribution in [2.24, 2.45) is 0 Å². The van der Waals surface area contributed by atoms with Crippen molar-refractivity contribution in [2.45, 2.75) is 12.5 Å². The number of sulfonamides is 1. The number of amides is 2. The van der Waals surface area contributed by atoms with Gasteiger partial charge in [-0.15, -0.1) is 0 Å². The van der Waals surface area contributed by atoms with Gasteiger partial charge in [-0.1, -0.05) is 0 Å². The second-order valence-corrected chi connectivity index (χ2v) is 5.39. The lowest BCUT2D eigenvalue weighted by molar-refractivity contribution is -0.145. The van der Waals surface area contributed by atoms with Crippen molar-refractivity contribution < 1.29 is 33.0 Å². The molecule has 19 heavy (non-hydrogen) atoms. The predicted octanol–water partition coefficient (Wildman–Crippen LogP) is -2.24. The van der Waals surface area contributed by atoms with Crippen LogP contribution in [-0.2, 0) is 19.6 Å². The maximum absolute atomic E-state index is 11.2. The number of carboxylic acid groups (broad SMARTS) is 2. The third-order valence-corrected chi connectivity index (χ3v) is 2.49. The van der Waals surface area contributed by atoms with Crippen molar-refractivity contribution in [2.75, 3.05) is 19.3 Å². The number of nitrogens with one attached hydrogen (secondary N) is 3. The first-order valence-electron chi connectivity index (χ1n) is 5.05. The minimum Gasteiger partial charge on any atom is -0.481 e. The highest BCUT2D eigenvalue weighted by atomic mass is 32.2. The average molecular weight is 297 g/mol. The van der Waals surface area contributed by atoms with Gasteiger partial charge in [0.1, 0.15) is 6.04 Å². The summed E-state index contributed by atoms with van der Waals surface area (Å²) in [6, 6.07) is -2.45. The highest BCUT2D eigenvalue weighted by Gasteiger charge is 2.22. The Bertz CT molecular complexity index is 447. The molecule has 0 saturated heterocycles. The zero-order valence-corrected chi connectivity index (χ0v) is 10.9. The highest BCUT2D eigenvalue weighted by molar-refractivity contribution is 7.88. The second kappa shape index (κ2) is 7.53. The number of rotatable bonds is 8. The van der Waals surface area contributed by atoms with Crippen LogP contribution in [0.25, 0.3) is 0 Å². The standard InChI is InChI=1S/C8H15N3O7S/c1-19(17,18)10-3-2-9-8(16)11-5(7(14)15)4-6(12)13/h5,10H,2-4H2,1H3,(H,12,13)(H,14,15)(H2,9,11,16). The first-order chi connectivity index (χ1) is 8.61. The Morgan fingerprint density at radius 3 is 2.16 bits per heavy atom. The van der Waals surface area contributed by atoms with Crippen molar-refractivity contribution in [1.29, 1.82) is 0 Å². The Labute approximate surface area is 109 Å². The third kappa shape index (κ3) is 9.79. The van der Waals surface area contributed by atoms with Crippen LogP contribution in [-0.4, -0.2) is 62.0 Å². The van der Waals surface area contributed by atoms with E-state index in [1.54, 1.807) is 0 Å². The molecule has 11 heteroatoms. The van der Waals surface area contributed by atoms with E-state index in [0.29, 0.717) is 0 Å². The molecule has 0 aromatic heterocycles. The molecule has 0 aliphatic rings. The molecule has 0 saturated carbocycles. The van der Waals surface area contributed by atoms with Crippen LogP contribution in [0.1, 0.15) is 6.42 Å². The summed E-state index contributed by atoms with van der Waals surface area (Å²) in [5, 5.41) is 21.2.